The van der Waals surface area contributed by atoms with E-state index in [9.17, 15) is 4.39 Å². The molecular weight excluding hydrogens is 385 g/mol. The Bertz CT molecular complexity index is 1000. The Hall–Kier alpha value is -3.12. The van der Waals surface area contributed by atoms with Crippen molar-refractivity contribution in [2.24, 2.45) is 0 Å². The van der Waals surface area contributed by atoms with Crippen LogP contribution >= 0.6 is 0 Å². The van der Waals surface area contributed by atoms with E-state index in [0.29, 0.717) is 12.2 Å². The lowest BCUT2D eigenvalue weighted by molar-refractivity contribution is 0.304. The van der Waals surface area contributed by atoms with Crippen LogP contribution in [0.4, 0.5) is 4.39 Å². The summed E-state index contributed by atoms with van der Waals surface area (Å²) >= 11 is 0. The van der Waals surface area contributed by atoms with Crippen LogP contribution in [0.5, 0.6) is 5.75 Å². The normalized spacial score (nSPS) is 10.6. The molecule has 31 heavy (non-hydrogen) atoms. The van der Waals surface area contributed by atoms with Crippen molar-refractivity contribution in [3.63, 3.8) is 0 Å². The molecule has 3 rings (SSSR count). The van der Waals surface area contributed by atoms with E-state index in [2.05, 4.69) is 13.0 Å². The monoisotopic (exact) mass is 415 g/mol. The van der Waals surface area contributed by atoms with Crippen LogP contribution in [-0.4, -0.2) is 6.61 Å². The predicted molar refractivity (Wildman–Crippen MR) is 125 cm³/mol. The van der Waals surface area contributed by atoms with Crippen molar-refractivity contribution in [1.82, 2.24) is 0 Å². The largest absolute Gasteiger partial charge is 0.494 e. The van der Waals surface area contributed by atoms with Crippen molar-refractivity contribution < 1.29 is 9.13 Å². The molecule has 0 saturated carbocycles. The number of nitriles is 1. The molecule has 0 spiro atoms. The van der Waals surface area contributed by atoms with E-state index in [-0.39, 0.29) is 5.82 Å². The van der Waals surface area contributed by atoms with Crippen molar-refractivity contribution >= 4 is 0 Å². The molecule has 0 fully saturated rings. The maximum Gasteiger partial charge on any atom is 0.123 e. The van der Waals surface area contributed by atoms with Crippen LogP contribution in [-0.2, 0) is 0 Å². The molecule has 0 aromatic heterocycles. The number of hydrogen-bond donors (Lipinski definition) is 0. The first-order valence-electron chi connectivity index (χ1n) is 11.2. The molecule has 0 aliphatic heterocycles. The third-order valence-corrected chi connectivity index (χ3v) is 5.47. The van der Waals surface area contributed by atoms with E-state index in [1.165, 1.54) is 44.6 Å². The first-order valence-corrected chi connectivity index (χ1v) is 11.2. The Morgan fingerprint density at radius 1 is 0.774 bits per heavy atom. The van der Waals surface area contributed by atoms with Crippen LogP contribution in [0.3, 0.4) is 0 Å². The zero-order chi connectivity index (χ0) is 21.9. The van der Waals surface area contributed by atoms with Gasteiger partial charge in [0.05, 0.1) is 18.2 Å². The average molecular weight is 416 g/mol. The first-order chi connectivity index (χ1) is 15.2. The minimum absolute atomic E-state index is 0.262. The van der Waals surface area contributed by atoms with Gasteiger partial charge in [-0.3, -0.25) is 0 Å². The van der Waals surface area contributed by atoms with E-state index >= 15 is 0 Å². The molecule has 0 bridgehead atoms. The number of halogens is 1. The highest BCUT2D eigenvalue weighted by Gasteiger charge is 2.11. The zero-order valence-corrected chi connectivity index (χ0v) is 18.2. The van der Waals surface area contributed by atoms with Crippen molar-refractivity contribution in [3.05, 3.63) is 78.1 Å². The van der Waals surface area contributed by atoms with E-state index in [1.807, 2.05) is 36.4 Å². The fourth-order valence-electron chi connectivity index (χ4n) is 3.73. The van der Waals surface area contributed by atoms with Gasteiger partial charge < -0.3 is 4.74 Å². The molecule has 0 unspecified atom stereocenters. The molecule has 0 aliphatic carbocycles. The fraction of sp³-hybridized carbons (Fsp3) is 0.321. The third-order valence-electron chi connectivity index (χ3n) is 5.47. The van der Waals surface area contributed by atoms with Gasteiger partial charge in [-0.25, -0.2) is 4.39 Å². The smallest absolute Gasteiger partial charge is 0.123 e. The van der Waals surface area contributed by atoms with E-state index in [4.69, 9.17) is 10.00 Å². The van der Waals surface area contributed by atoms with Gasteiger partial charge in [0.25, 0.3) is 0 Å². The number of ether oxygens (including phenoxy) is 1. The number of rotatable bonds is 11. The number of unbranched alkanes of at least 4 members (excludes halogenated alkanes) is 6. The summed E-state index contributed by atoms with van der Waals surface area (Å²) in [6, 6.07) is 22.2. The van der Waals surface area contributed by atoms with Gasteiger partial charge in [-0.1, -0.05) is 75.8 Å². The molecule has 3 aromatic carbocycles. The summed E-state index contributed by atoms with van der Waals surface area (Å²) in [5.41, 5.74) is 4.31. The zero-order valence-electron chi connectivity index (χ0n) is 18.2. The lowest BCUT2D eigenvalue weighted by Crippen LogP contribution is -1.98. The van der Waals surface area contributed by atoms with E-state index < -0.39 is 0 Å². The summed E-state index contributed by atoms with van der Waals surface area (Å²) in [7, 11) is 0. The van der Waals surface area contributed by atoms with Crippen LogP contribution in [0, 0.1) is 17.1 Å². The Morgan fingerprint density at radius 3 is 2.23 bits per heavy atom. The van der Waals surface area contributed by atoms with E-state index in [1.54, 1.807) is 24.3 Å². The molecule has 3 heteroatoms. The van der Waals surface area contributed by atoms with Gasteiger partial charge >= 0.3 is 0 Å². The highest BCUT2D eigenvalue weighted by molar-refractivity contribution is 5.84. The van der Waals surface area contributed by atoms with Crippen LogP contribution in [0.2, 0.25) is 0 Å². The Kier molecular flexibility index (Phi) is 8.67. The summed E-state index contributed by atoms with van der Waals surface area (Å²) in [5, 5.41) is 9.10. The lowest BCUT2D eigenvalue weighted by Gasteiger charge is -2.14. The van der Waals surface area contributed by atoms with Crippen LogP contribution in [0.1, 0.15) is 57.4 Å². The van der Waals surface area contributed by atoms with Crippen LogP contribution in [0.15, 0.2) is 66.7 Å². The van der Waals surface area contributed by atoms with Gasteiger partial charge in [-0.15, -0.1) is 0 Å². The maximum absolute atomic E-state index is 13.8. The standard InChI is InChI=1S/C28H30FNO/c1-2-3-4-5-6-7-8-18-31-26-16-17-27(24-10-9-11-25(29)19-24)28(20-26)23-14-12-22(21-30)13-15-23/h9-17,19-20H,2-8,18H2,1H3. The fourth-order valence-corrected chi connectivity index (χ4v) is 3.73. The molecule has 0 amide bonds. The number of benzene rings is 3. The summed E-state index contributed by atoms with van der Waals surface area (Å²) in [5.74, 6) is 0.549. The topological polar surface area (TPSA) is 33.0 Å². The quantitative estimate of drug-likeness (QED) is 0.296. The second kappa shape index (κ2) is 11.9. The molecule has 0 aliphatic rings. The summed E-state index contributed by atoms with van der Waals surface area (Å²) in [6.45, 7) is 2.93. The summed E-state index contributed by atoms with van der Waals surface area (Å²) in [6.07, 6.45) is 8.73. The number of nitrogens with zero attached hydrogens (tertiary/aromatic N) is 1. The first kappa shape index (κ1) is 22.6. The lowest BCUT2D eigenvalue weighted by atomic mass is 9.94. The highest BCUT2D eigenvalue weighted by atomic mass is 19.1. The third kappa shape index (κ3) is 6.69. The molecular formula is C28H30FNO. The van der Waals surface area contributed by atoms with Crippen LogP contribution < -0.4 is 4.74 Å². The van der Waals surface area contributed by atoms with Gasteiger partial charge in [0.1, 0.15) is 11.6 Å². The minimum Gasteiger partial charge on any atom is -0.494 e. The van der Waals surface area contributed by atoms with Crippen molar-refractivity contribution in [3.8, 4) is 34.1 Å². The summed E-state index contributed by atoms with van der Waals surface area (Å²) < 4.78 is 19.9. The van der Waals surface area contributed by atoms with E-state index in [0.717, 1.165) is 34.4 Å². The molecule has 0 radical (unpaired) electrons. The van der Waals surface area contributed by atoms with Crippen molar-refractivity contribution in [2.45, 2.75) is 51.9 Å². The van der Waals surface area contributed by atoms with Gasteiger partial charge in [0.2, 0.25) is 0 Å². The van der Waals surface area contributed by atoms with Gasteiger partial charge in [0.15, 0.2) is 0 Å². The van der Waals surface area contributed by atoms with Crippen molar-refractivity contribution in [1.29, 1.82) is 5.26 Å². The van der Waals surface area contributed by atoms with Gasteiger partial charge in [-0.05, 0) is 65.1 Å². The molecule has 2 nitrogen and oxygen atoms in total. The Labute approximate surface area is 185 Å². The highest BCUT2D eigenvalue weighted by Crippen LogP contribution is 2.35. The SMILES string of the molecule is CCCCCCCCCOc1ccc(-c2cccc(F)c2)c(-c2ccc(C#N)cc2)c1. The molecule has 160 valence electrons. The van der Waals surface area contributed by atoms with Crippen molar-refractivity contribution in [2.75, 3.05) is 6.61 Å². The molecule has 0 heterocycles. The summed E-state index contributed by atoms with van der Waals surface area (Å²) in [4.78, 5) is 0. The predicted octanol–water partition coefficient (Wildman–Crippen LogP) is 8.16. The number of hydrogen-bond acceptors (Lipinski definition) is 2. The van der Waals surface area contributed by atoms with Crippen LogP contribution in [0.25, 0.3) is 22.3 Å². The molecule has 0 N–H and O–H groups in total. The maximum atomic E-state index is 13.8. The Morgan fingerprint density at radius 2 is 1.52 bits per heavy atom. The Balaban J connectivity index is 1.74. The van der Waals surface area contributed by atoms with Gasteiger partial charge in [0, 0.05) is 0 Å². The second-order valence-electron chi connectivity index (χ2n) is 7.88. The van der Waals surface area contributed by atoms with Gasteiger partial charge in [-0.2, -0.15) is 5.26 Å². The molecule has 0 atom stereocenters. The average Bonchev–Trinajstić information content (AvgIpc) is 2.81. The molecule has 0 saturated heterocycles. The minimum atomic E-state index is -0.262. The second-order valence-corrected chi connectivity index (χ2v) is 7.88. The molecule has 3 aromatic rings.